The fourth-order valence-corrected chi connectivity index (χ4v) is 3.53. The van der Waals surface area contributed by atoms with Gasteiger partial charge >= 0.3 is 0 Å². The summed E-state index contributed by atoms with van der Waals surface area (Å²) >= 11 is 1.62. The Balaban J connectivity index is 1.54. The van der Waals surface area contributed by atoms with Crippen molar-refractivity contribution in [3.05, 3.63) is 46.7 Å². The number of rotatable bonds is 6. The Morgan fingerprint density at radius 1 is 1.36 bits per heavy atom. The van der Waals surface area contributed by atoms with Crippen molar-refractivity contribution in [2.75, 3.05) is 32.6 Å². The fourth-order valence-electron chi connectivity index (χ4n) is 2.77. The number of nitrogens with one attached hydrogen (secondary N) is 2. The molecule has 0 amide bonds. The minimum Gasteiger partial charge on any atom is -0.356 e. The highest BCUT2D eigenvalue weighted by Gasteiger charge is 2.44. The average Bonchev–Trinajstić information content (AvgIpc) is 3.24. The van der Waals surface area contributed by atoms with E-state index in [2.05, 4.69) is 20.6 Å². The lowest BCUT2D eigenvalue weighted by molar-refractivity contribution is 0.607. The molecule has 0 unspecified atom stereocenters. The van der Waals surface area contributed by atoms with E-state index in [1.807, 2.05) is 30.4 Å². The summed E-state index contributed by atoms with van der Waals surface area (Å²) in [7, 11) is 5.72. The molecule has 134 valence electrons. The van der Waals surface area contributed by atoms with Crippen LogP contribution in [0.4, 0.5) is 9.52 Å². The Morgan fingerprint density at radius 3 is 2.76 bits per heavy atom. The Kier molecular flexibility index (Phi) is 5.22. The van der Waals surface area contributed by atoms with E-state index in [4.69, 9.17) is 0 Å². The van der Waals surface area contributed by atoms with Crippen LogP contribution in [0.3, 0.4) is 0 Å². The van der Waals surface area contributed by atoms with Gasteiger partial charge in [-0.3, -0.25) is 4.99 Å². The smallest absolute Gasteiger partial charge is 0.191 e. The third-order valence-corrected chi connectivity index (χ3v) is 5.52. The van der Waals surface area contributed by atoms with Crippen molar-refractivity contribution in [1.82, 2.24) is 15.6 Å². The van der Waals surface area contributed by atoms with Crippen LogP contribution in [-0.4, -0.2) is 38.6 Å². The van der Waals surface area contributed by atoms with Gasteiger partial charge in [0.25, 0.3) is 0 Å². The van der Waals surface area contributed by atoms with Crippen molar-refractivity contribution >= 4 is 22.4 Å². The van der Waals surface area contributed by atoms with Gasteiger partial charge in [0.15, 0.2) is 11.1 Å². The molecule has 3 rings (SSSR count). The largest absolute Gasteiger partial charge is 0.356 e. The third-order valence-electron chi connectivity index (χ3n) is 4.47. The maximum absolute atomic E-state index is 13.5. The molecule has 1 aliphatic carbocycles. The number of aliphatic imine (C=N–C) groups is 1. The minimum absolute atomic E-state index is 0.0262. The van der Waals surface area contributed by atoms with Crippen molar-refractivity contribution in [3.63, 3.8) is 0 Å². The first-order valence-electron chi connectivity index (χ1n) is 8.35. The highest BCUT2D eigenvalue weighted by Crippen LogP contribution is 2.47. The molecule has 1 aliphatic rings. The van der Waals surface area contributed by atoms with Crippen LogP contribution in [0, 0.1) is 5.82 Å². The molecule has 1 aromatic carbocycles. The van der Waals surface area contributed by atoms with Gasteiger partial charge in [-0.2, -0.15) is 0 Å². The second-order valence-corrected chi connectivity index (χ2v) is 7.42. The van der Waals surface area contributed by atoms with Crippen LogP contribution in [0.5, 0.6) is 0 Å². The normalized spacial score (nSPS) is 15.8. The molecule has 2 aromatic rings. The lowest BCUT2D eigenvalue weighted by Crippen LogP contribution is -2.41. The van der Waals surface area contributed by atoms with E-state index < -0.39 is 0 Å². The third kappa shape index (κ3) is 4.28. The molecular formula is C18H24FN5S. The molecule has 1 aromatic heterocycles. The fraction of sp³-hybridized carbons (Fsp3) is 0.444. The van der Waals surface area contributed by atoms with Crippen LogP contribution in [-0.2, 0) is 12.0 Å². The van der Waals surface area contributed by atoms with Gasteiger partial charge in [0.05, 0.1) is 12.2 Å². The molecule has 1 saturated carbocycles. The molecule has 0 bridgehead atoms. The van der Waals surface area contributed by atoms with Gasteiger partial charge in [-0.25, -0.2) is 9.37 Å². The summed E-state index contributed by atoms with van der Waals surface area (Å²) < 4.78 is 13.5. The van der Waals surface area contributed by atoms with Gasteiger partial charge in [0, 0.05) is 38.5 Å². The molecule has 0 radical (unpaired) electrons. The van der Waals surface area contributed by atoms with E-state index in [1.165, 1.54) is 6.07 Å². The Hall–Kier alpha value is -2.15. The van der Waals surface area contributed by atoms with E-state index in [0.717, 1.165) is 41.7 Å². The van der Waals surface area contributed by atoms with Crippen LogP contribution in [0.1, 0.15) is 24.1 Å². The van der Waals surface area contributed by atoms with E-state index in [1.54, 1.807) is 30.5 Å². The number of nitrogens with zero attached hydrogens (tertiary/aromatic N) is 3. The number of halogens is 1. The Labute approximate surface area is 152 Å². The highest BCUT2D eigenvalue weighted by atomic mass is 32.1. The summed E-state index contributed by atoms with van der Waals surface area (Å²) in [5, 5.41) is 9.70. The predicted molar refractivity (Wildman–Crippen MR) is 102 cm³/mol. The molecule has 0 saturated heterocycles. The molecule has 1 heterocycles. The van der Waals surface area contributed by atoms with Crippen molar-refractivity contribution < 1.29 is 4.39 Å². The van der Waals surface area contributed by atoms with Crippen LogP contribution >= 0.6 is 11.3 Å². The zero-order valence-electron chi connectivity index (χ0n) is 14.8. The molecule has 5 nitrogen and oxygen atoms in total. The second kappa shape index (κ2) is 7.39. The Morgan fingerprint density at radius 2 is 2.16 bits per heavy atom. The zero-order chi connectivity index (χ0) is 17.9. The van der Waals surface area contributed by atoms with E-state index >= 15 is 0 Å². The van der Waals surface area contributed by atoms with Crippen LogP contribution in [0.2, 0.25) is 0 Å². The topological polar surface area (TPSA) is 52.6 Å². The summed E-state index contributed by atoms with van der Waals surface area (Å²) in [6, 6.07) is 6.92. The minimum atomic E-state index is -0.175. The number of aromatic nitrogens is 1. The summed E-state index contributed by atoms with van der Waals surface area (Å²) in [6.45, 7) is 1.37. The van der Waals surface area contributed by atoms with Crippen LogP contribution < -0.4 is 15.5 Å². The first-order chi connectivity index (χ1) is 12.0. The number of benzene rings is 1. The summed E-state index contributed by atoms with van der Waals surface area (Å²) in [6.07, 6.45) is 2.14. The monoisotopic (exact) mass is 361 g/mol. The number of hydrogen-bond acceptors (Lipinski definition) is 4. The van der Waals surface area contributed by atoms with Gasteiger partial charge in [-0.15, -0.1) is 11.3 Å². The van der Waals surface area contributed by atoms with Gasteiger partial charge in [-0.1, -0.05) is 12.1 Å². The summed E-state index contributed by atoms with van der Waals surface area (Å²) in [4.78, 5) is 10.8. The average molecular weight is 361 g/mol. The number of thiazole rings is 1. The second-order valence-electron chi connectivity index (χ2n) is 6.59. The maximum Gasteiger partial charge on any atom is 0.191 e. The van der Waals surface area contributed by atoms with Crippen LogP contribution in [0.25, 0.3) is 0 Å². The lowest BCUT2D eigenvalue weighted by atomic mass is 9.96. The predicted octanol–water partition coefficient (Wildman–Crippen LogP) is 2.75. The zero-order valence-corrected chi connectivity index (χ0v) is 15.7. The van der Waals surface area contributed by atoms with E-state index in [-0.39, 0.29) is 11.2 Å². The molecule has 2 N–H and O–H groups in total. The summed E-state index contributed by atoms with van der Waals surface area (Å²) in [5.41, 5.74) is 2.08. The molecule has 0 aliphatic heterocycles. The van der Waals surface area contributed by atoms with Crippen LogP contribution in [0.15, 0.2) is 34.6 Å². The molecular weight excluding hydrogens is 337 g/mol. The van der Waals surface area contributed by atoms with Gasteiger partial charge < -0.3 is 15.5 Å². The molecule has 0 spiro atoms. The first-order valence-corrected chi connectivity index (χ1v) is 9.23. The van der Waals surface area contributed by atoms with Crippen molar-refractivity contribution in [2.45, 2.75) is 24.8 Å². The number of anilines is 1. The molecule has 0 atom stereocenters. The van der Waals surface area contributed by atoms with Gasteiger partial charge in [0.2, 0.25) is 0 Å². The molecule has 25 heavy (non-hydrogen) atoms. The quantitative estimate of drug-likeness (QED) is 0.614. The molecule has 7 heteroatoms. The van der Waals surface area contributed by atoms with Crippen molar-refractivity contribution in [2.24, 2.45) is 4.99 Å². The van der Waals surface area contributed by atoms with Crippen molar-refractivity contribution in [1.29, 1.82) is 0 Å². The van der Waals surface area contributed by atoms with Gasteiger partial charge in [-0.05, 0) is 30.5 Å². The highest BCUT2D eigenvalue weighted by molar-refractivity contribution is 7.13. The SMILES string of the molecule is CN=C(NCc1csc(N(C)C)n1)NCC1(c2cccc(F)c2)CC1. The van der Waals surface area contributed by atoms with E-state index in [0.29, 0.717) is 6.54 Å². The standard InChI is InChI=1S/C18H24FN5S/c1-20-16(21-10-15-11-25-17(23-15)24(2)3)22-12-18(7-8-18)13-5-4-6-14(19)9-13/h4-6,9,11H,7-8,10,12H2,1-3H3,(H2,20,21,22). The Bertz CT molecular complexity index is 751. The molecule has 1 fully saturated rings. The maximum atomic E-state index is 13.5. The van der Waals surface area contributed by atoms with Crippen molar-refractivity contribution in [3.8, 4) is 0 Å². The van der Waals surface area contributed by atoms with E-state index in [9.17, 15) is 4.39 Å². The number of hydrogen-bond donors (Lipinski definition) is 2. The summed E-state index contributed by atoms with van der Waals surface area (Å²) in [5.74, 6) is 0.564. The number of guanidine groups is 1. The van der Waals surface area contributed by atoms with Gasteiger partial charge in [0.1, 0.15) is 5.82 Å². The first kappa shape index (κ1) is 17.7. The lowest BCUT2D eigenvalue weighted by Gasteiger charge is -2.19.